The second-order valence-electron chi connectivity index (χ2n) is 6.30. The van der Waals surface area contributed by atoms with Crippen molar-refractivity contribution in [1.82, 2.24) is 10.3 Å². The monoisotopic (exact) mass is 343 g/mol. The Labute approximate surface area is 145 Å². The molecule has 0 unspecified atom stereocenters. The smallest absolute Gasteiger partial charge is 0.228 e. The standard InChI is InChI=1S/C18H21N3O2S/c1-10-4-5-11(2)14(8-10)17-12(3)24-18(21-17)20-16(23)9-13-6-7-15(22)19-13/h4-5,8,13H,6-7,9H2,1-3H3,(H,19,22)(H,20,21,23)/t13-/m1/s1. The molecule has 2 amide bonds. The van der Waals surface area contributed by atoms with E-state index >= 15 is 0 Å². The van der Waals surface area contributed by atoms with Crippen molar-refractivity contribution in [1.29, 1.82) is 0 Å². The molecule has 1 aliphatic rings. The van der Waals surface area contributed by atoms with Crippen molar-refractivity contribution in [3.8, 4) is 11.3 Å². The molecule has 0 radical (unpaired) electrons. The van der Waals surface area contributed by atoms with Gasteiger partial charge in [0.15, 0.2) is 5.13 Å². The van der Waals surface area contributed by atoms with Gasteiger partial charge in [-0.2, -0.15) is 0 Å². The Bertz CT molecular complexity index is 798. The maximum atomic E-state index is 12.2. The second-order valence-corrected chi connectivity index (χ2v) is 7.50. The lowest BCUT2D eigenvalue weighted by atomic mass is 10.0. The van der Waals surface area contributed by atoms with E-state index in [2.05, 4.69) is 47.7 Å². The van der Waals surface area contributed by atoms with E-state index in [1.807, 2.05) is 6.92 Å². The largest absolute Gasteiger partial charge is 0.353 e. The minimum Gasteiger partial charge on any atom is -0.353 e. The fourth-order valence-electron chi connectivity index (χ4n) is 2.92. The number of nitrogens with zero attached hydrogens (tertiary/aromatic N) is 1. The number of carbonyl (C=O) groups excluding carboxylic acids is 2. The Hall–Kier alpha value is -2.21. The molecule has 0 spiro atoms. The summed E-state index contributed by atoms with van der Waals surface area (Å²) in [5, 5.41) is 6.28. The molecule has 2 aromatic rings. The molecule has 126 valence electrons. The molecule has 2 heterocycles. The second kappa shape index (κ2) is 6.73. The molecule has 0 bridgehead atoms. The van der Waals surface area contributed by atoms with E-state index in [0.29, 0.717) is 18.0 Å². The third-order valence-electron chi connectivity index (χ3n) is 4.21. The molecule has 1 aromatic carbocycles. The lowest BCUT2D eigenvalue weighted by Crippen LogP contribution is -2.29. The number of carbonyl (C=O) groups is 2. The number of amides is 2. The average Bonchev–Trinajstić information content (AvgIpc) is 3.07. The van der Waals surface area contributed by atoms with Gasteiger partial charge in [0.1, 0.15) is 0 Å². The zero-order valence-corrected chi connectivity index (χ0v) is 14.9. The van der Waals surface area contributed by atoms with Gasteiger partial charge in [-0.3, -0.25) is 9.59 Å². The minimum absolute atomic E-state index is 0.0232. The number of aryl methyl sites for hydroxylation is 3. The topological polar surface area (TPSA) is 71.1 Å². The Morgan fingerprint density at radius 1 is 1.38 bits per heavy atom. The highest BCUT2D eigenvalue weighted by Gasteiger charge is 2.23. The lowest BCUT2D eigenvalue weighted by Gasteiger charge is -2.08. The van der Waals surface area contributed by atoms with Gasteiger partial charge in [0.05, 0.1) is 5.69 Å². The number of rotatable bonds is 4. The molecule has 24 heavy (non-hydrogen) atoms. The molecule has 1 aliphatic heterocycles. The van der Waals surface area contributed by atoms with Gasteiger partial charge in [-0.05, 0) is 38.8 Å². The minimum atomic E-state index is -0.108. The average molecular weight is 343 g/mol. The van der Waals surface area contributed by atoms with Crippen LogP contribution in [0.5, 0.6) is 0 Å². The maximum Gasteiger partial charge on any atom is 0.228 e. The Morgan fingerprint density at radius 3 is 2.88 bits per heavy atom. The highest BCUT2D eigenvalue weighted by molar-refractivity contribution is 7.16. The van der Waals surface area contributed by atoms with Gasteiger partial charge in [-0.1, -0.05) is 17.7 Å². The van der Waals surface area contributed by atoms with E-state index in [-0.39, 0.29) is 17.9 Å². The Morgan fingerprint density at radius 2 is 2.17 bits per heavy atom. The summed E-state index contributed by atoms with van der Waals surface area (Å²) >= 11 is 1.48. The summed E-state index contributed by atoms with van der Waals surface area (Å²) in [5.41, 5.74) is 4.38. The molecule has 1 fully saturated rings. The predicted octanol–water partition coefficient (Wildman–Crippen LogP) is 3.34. The quantitative estimate of drug-likeness (QED) is 0.894. The van der Waals surface area contributed by atoms with E-state index in [0.717, 1.165) is 22.6 Å². The van der Waals surface area contributed by atoms with E-state index in [1.165, 1.54) is 22.5 Å². The van der Waals surface area contributed by atoms with Crippen molar-refractivity contribution in [3.63, 3.8) is 0 Å². The number of hydrogen-bond acceptors (Lipinski definition) is 4. The van der Waals surface area contributed by atoms with Crippen LogP contribution in [-0.2, 0) is 9.59 Å². The van der Waals surface area contributed by atoms with Crippen LogP contribution in [-0.4, -0.2) is 22.8 Å². The molecule has 6 heteroatoms. The molecule has 5 nitrogen and oxygen atoms in total. The van der Waals surface area contributed by atoms with Crippen molar-refractivity contribution in [2.45, 2.75) is 46.1 Å². The third-order valence-corrected chi connectivity index (χ3v) is 5.09. The SMILES string of the molecule is Cc1ccc(C)c(-c2nc(NC(=O)C[C@H]3CCC(=O)N3)sc2C)c1. The van der Waals surface area contributed by atoms with Crippen LogP contribution in [0.4, 0.5) is 5.13 Å². The van der Waals surface area contributed by atoms with Crippen molar-refractivity contribution >= 4 is 28.3 Å². The van der Waals surface area contributed by atoms with Gasteiger partial charge in [-0.15, -0.1) is 11.3 Å². The normalized spacial score (nSPS) is 17.0. The first-order chi connectivity index (χ1) is 11.4. The molecule has 1 aromatic heterocycles. The molecule has 0 saturated carbocycles. The summed E-state index contributed by atoms with van der Waals surface area (Å²) in [4.78, 5) is 29.0. The van der Waals surface area contributed by atoms with Gasteiger partial charge in [0.25, 0.3) is 0 Å². The van der Waals surface area contributed by atoms with E-state index in [9.17, 15) is 9.59 Å². The summed E-state index contributed by atoms with van der Waals surface area (Å²) in [7, 11) is 0. The maximum absolute atomic E-state index is 12.2. The zero-order chi connectivity index (χ0) is 17.3. The van der Waals surface area contributed by atoms with Crippen LogP contribution in [0.2, 0.25) is 0 Å². The zero-order valence-electron chi connectivity index (χ0n) is 14.1. The number of thiazole rings is 1. The highest BCUT2D eigenvalue weighted by atomic mass is 32.1. The molecule has 0 aliphatic carbocycles. The van der Waals surface area contributed by atoms with Crippen molar-refractivity contribution in [2.24, 2.45) is 0 Å². The van der Waals surface area contributed by atoms with E-state index in [4.69, 9.17) is 0 Å². The van der Waals surface area contributed by atoms with Crippen LogP contribution in [0, 0.1) is 20.8 Å². The van der Waals surface area contributed by atoms with Crippen LogP contribution < -0.4 is 10.6 Å². The molecule has 1 atom stereocenters. The molecule has 2 N–H and O–H groups in total. The van der Waals surface area contributed by atoms with Gasteiger partial charge in [-0.25, -0.2) is 4.98 Å². The Balaban J connectivity index is 1.73. The molecular formula is C18H21N3O2S. The van der Waals surface area contributed by atoms with Crippen LogP contribution >= 0.6 is 11.3 Å². The van der Waals surface area contributed by atoms with E-state index in [1.54, 1.807) is 0 Å². The highest BCUT2D eigenvalue weighted by Crippen LogP contribution is 2.32. The third kappa shape index (κ3) is 3.64. The van der Waals surface area contributed by atoms with Crippen LogP contribution in [0.15, 0.2) is 18.2 Å². The predicted molar refractivity (Wildman–Crippen MR) is 96.2 cm³/mol. The van der Waals surface area contributed by atoms with Gasteiger partial charge < -0.3 is 10.6 Å². The van der Waals surface area contributed by atoms with Gasteiger partial charge in [0, 0.05) is 29.3 Å². The summed E-state index contributed by atoms with van der Waals surface area (Å²) in [5.74, 6) is -0.0847. The lowest BCUT2D eigenvalue weighted by molar-refractivity contribution is -0.119. The molecular weight excluding hydrogens is 322 g/mol. The van der Waals surface area contributed by atoms with Crippen molar-refractivity contribution in [3.05, 3.63) is 34.2 Å². The summed E-state index contributed by atoms with van der Waals surface area (Å²) < 4.78 is 0. The number of hydrogen-bond donors (Lipinski definition) is 2. The van der Waals surface area contributed by atoms with Gasteiger partial charge in [0.2, 0.25) is 11.8 Å². The number of benzene rings is 1. The van der Waals surface area contributed by atoms with Crippen molar-refractivity contribution in [2.75, 3.05) is 5.32 Å². The van der Waals surface area contributed by atoms with E-state index < -0.39 is 0 Å². The van der Waals surface area contributed by atoms with Crippen LogP contribution in [0.3, 0.4) is 0 Å². The first kappa shape index (κ1) is 16.6. The molecule has 1 saturated heterocycles. The first-order valence-electron chi connectivity index (χ1n) is 8.06. The summed E-state index contributed by atoms with van der Waals surface area (Å²) in [6, 6.07) is 6.23. The number of aromatic nitrogens is 1. The fourth-order valence-corrected chi connectivity index (χ4v) is 3.76. The number of anilines is 1. The Kier molecular flexibility index (Phi) is 4.66. The summed E-state index contributed by atoms with van der Waals surface area (Å²) in [6.45, 7) is 6.14. The summed E-state index contributed by atoms with van der Waals surface area (Å²) in [6.07, 6.45) is 1.52. The van der Waals surface area contributed by atoms with Gasteiger partial charge >= 0.3 is 0 Å². The number of nitrogens with one attached hydrogen (secondary N) is 2. The van der Waals surface area contributed by atoms with Crippen LogP contribution in [0.1, 0.15) is 35.3 Å². The first-order valence-corrected chi connectivity index (χ1v) is 8.88. The fraction of sp³-hybridized carbons (Fsp3) is 0.389. The van der Waals surface area contributed by atoms with Crippen LogP contribution in [0.25, 0.3) is 11.3 Å². The molecule has 3 rings (SSSR count). The van der Waals surface area contributed by atoms with Crippen molar-refractivity contribution < 1.29 is 9.59 Å².